The van der Waals surface area contributed by atoms with Gasteiger partial charge in [0.05, 0.1) is 6.26 Å². The molecule has 0 saturated heterocycles. The molecule has 0 aromatic heterocycles. The van der Waals surface area contributed by atoms with Crippen LogP contribution in [0.25, 0.3) is 0 Å². The summed E-state index contributed by atoms with van der Waals surface area (Å²) in [5.41, 5.74) is 0.915. The highest BCUT2D eigenvalue weighted by Crippen LogP contribution is 2.20. The van der Waals surface area contributed by atoms with Crippen molar-refractivity contribution in [1.29, 1.82) is 0 Å². The van der Waals surface area contributed by atoms with E-state index >= 15 is 0 Å². The maximum atomic E-state index is 11.5. The normalized spacial score (nSPS) is 12.0. The van der Waals surface area contributed by atoms with Crippen molar-refractivity contribution in [1.82, 2.24) is 14.9 Å². The van der Waals surface area contributed by atoms with Gasteiger partial charge in [0.1, 0.15) is 0 Å². The van der Waals surface area contributed by atoms with Crippen LogP contribution in [0.15, 0.2) is 23.2 Å². The van der Waals surface area contributed by atoms with Gasteiger partial charge in [-0.25, -0.2) is 12.7 Å². The predicted octanol–water partition coefficient (Wildman–Crippen LogP) is 2.95. The zero-order chi connectivity index (χ0) is 18.2. The van der Waals surface area contributed by atoms with Gasteiger partial charge in [0.15, 0.2) is 5.96 Å². The lowest BCUT2D eigenvalue weighted by molar-refractivity contribution is 0.424. The summed E-state index contributed by atoms with van der Waals surface area (Å²) >= 11 is 12.0. The molecule has 10 heteroatoms. The third-order valence-electron chi connectivity index (χ3n) is 3.38. The monoisotopic (exact) mass is 522 g/mol. The Bertz CT molecular complexity index is 671. The van der Waals surface area contributed by atoms with Gasteiger partial charge < -0.3 is 10.6 Å². The molecule has 6 nitrogen and oxygen atoms in total. The first kappa shape index (κ1) is 24.7. The smallest absolute Gasteiger partial charge is 0.211 e. The second kappa shape index (κ2) is 12.2. The van der Waals surface area contributed by atoms with Gasteiger partial charge in [0, 0.05) is 43.3 Å². The summed E-state index contributed by atoms with van der Waals surface area (Å²) < 4.78 is 24.5. The molecule has 1 aromatic carbocycles. The van der Waals surface area contributed by atoms with E-state index in [9.17, 15) is 8.42 Å². The van der Waals surface area contributed by atoms with Crippen molar-refractivity contribution in [2.45, 2.75) is 19.9 Å². The second-order valence-electron chi connectivity index (χ2n) is 5.20. The quantitative estimate of drug-likeness (QED) is 0.238. The van der Waals surface area contributed by atoms with Crippen LogP contribution in [-0.2, 0) is 16.6 Å². The first-order valence-electron chi connectivity index (χ1n) is 7.61. The second-order valence-corrected chi connectivity index (χ2v) is 8.02. The number of hydrogen-bond donors (Lipinski definition) is 2. The maximum absolute atomic E-state index is 11.5. The summed E-state index contributed by atoms with van der Waals surface area (Å²) in [7, 11) is -1.47. The van der Waals surface area contributed by atoms with Crippen molar-refractivity contribution >= 4 is 63.2 Å². The molecule has 0 heterocycles. The lowest BCUT2D eigenvalue weighted by atomic mass is 10.2. The topological polar surface area (TPSA) is 73.8 Å². The van der Waals surface area contributed by atoms with Crippen LogP contribution in [0.4, 0.5) is 0 Å². The molecule has 1 rings (SSSR count). The minimum atomic E-state index is -3.14. The van der Waals surface area contributed by atoms with Gasteiger partial charge in [-0.15, -0.1) is 24.0 Å². The fourth-order valence-electron chi connectivity index (χ4n) is 2.09. The molecular weight excluding hydrogens is 498 g/mol. The first-order chi connectivity index (χ1) is 11.3. The first-order valence-corrected chi connectivity index (χ1v) is 10.2. The summed E-state index contributed by atoms with van der Waals surface area (Å²) in [5.74, 6) is 0.628. The standard InChI is InChI=1S/C15H24Cl2N4O2S.HI/c1-4-21(24(3,22)23)9-5-8-19-15(18-2)20-11-12-6-7-13(16)10-14(12)17;/h6-7,10H,4-5,8-9,11H2,1-3H3,(H2,18,19,20);1H. The van der Waals surface area contributed by atoms with Gasteiger partial charge in [-0.2, -0.15) is 0 Å². The SMILES string of the molecule is CCN(CCCNC(=NC)NCc1ccc(Cl)cc1Cl)S(C)(=O)=O.I. The number of nitrogens with zero attached hydrogens (tertiary/aromatic N) is 2. The molecule has 0 spiro atoms. The Labute approximate surface area is 177 Å². The van der Waals surface area contributed by atoms with Gasteiger partial charge >= 0.3 is 0 Å². The van der Waals surface area contributed by atoms with Crippen molar-refractivity contribution in [3.8, 4) is 0 Å². The maximum Gasteiger partial charge on any atom is 0.211 e. The predicted molar refractivity (Wildman–Crippen MR) is 117 cm³/mol. The van der Waals surface area contributed by atoms with Gasteiger partial charge in [-0.3, -0.25) is 4.99 Å². The van der Waals surface area contributed by atoms with Crippen molar-refractivity contribution in [3.05, 3.63) is 33.8 Å². The lowest BCUT2D eigenvalue weighted by Gasteiger charge is -2.18. The number of guanidine groups is 1. The van der Waals surface area contributed by atoms with Crippen LogP contribution < -0.4 is 10.6 Å². The summed E-state index contributed by atoms with van der Waals surface area (Å²) in [6, 6.07) is 5.34. The van der Waals surface area contributed by atoms with E-state index in [0.29, 0.717) is 48.6 Å². The minimum Gasteiger partial charge on any atom is -0.356 e. The Morgan fingerprint density at radius 2 is 1.96 bits per heavy atom. The molecule has 25 heavy (non-hydrogen) atoms. The van der Waals surface area contributed by atoms with Crippen LogP contribution in [0.2, 0.25) is 10.0 Å². The average molecular weight is 523 g/mol. The fraction of sp³-hybridized carbons (Fsp3) is 0.533. The van der Waals surface area contributed by atoms with Gasteiger partial charge in [0.25, 0.3) is 0 Å². The molecule has 0 atom stereocenters. The molecule has 0 unspecified atom stereocenters. The van der Waals surface area contributed by atoms with Gasteiger partial charge in [-0.1, -0.05) is 36.2 Å². The van der Waals surface area contributed by atoms with E-state index < -0.39 is 10.0 Å². The van der Waals surface area contributed by atoms with E-state index in [4.69, 9.17) is 23.2 Å². The van der Waals surface area contributed by atoms with Crippen molar-refractivity contribution < 1.29 is 8.42 Å². The summed E-state index contributed by atoms with van der Waals surface area (Å²) in [5, 5.41) is 7.50. The third kappa shape index (κ3) is 9.28. The Morgan fingerprint density at radius 1 is 1.28 bits per heavy atom. The van der Waals surface area contributed by atoms with Crippen LogP contribution in [-0.4, -0.2) is 51.6 Å². The van der Waals surface area contributed by atoms with Crippen LogP contribution in [0.3, 0.4) is 0 Å². The van der Waals surface area contributed by atoms with Gasteiger partial charge in [0.2, 0.25) is 10.0 Å². The van der Waals surface area contributed by atoms with Crippen molar-refractivity contribution in [3.63, 3.8) is 0 Å². The number of nitrogens with one attached hydrogen (secondary N) is 2. The number of rotatable bonds is 8. The molecule has 0 saturated carbocycles. The van der Waals surface area contributed by atoms with E-state index in [1.54, 1.807) is 19.2 Å². The highest BCUT2D eigenvalue weighted by molar-refractivity contribution is 14.0. The van der Waals surface area contributed by atoms with E-state index in [-0.39, 0.29) is 24.0 Å². The Hall–Kier alpha value is -0.290. The highest BCUT2D eigenvalue weighted by atomic mass is 127. The van der Waals surface area contributed by atoms with Crippen LogP contribution in [0.1, 0.15) is 18.9 Å². The molecule has 0 amide bonds. The Morgan fingerprint density at radius 3 is 2.48 bits per heavy atom. The van der Waals surface area contributed by atoms with Crippen LogP contribution >= 0.6 is 47.2 Å². The van der Waals surface area contributed by atoms with Crippen LogP contribution in [0.5, 0.6) is 0 Å². The molecular formula is C15H25Cl2IN4O2S. The highest BCUT2D eigenvalue weighted by Gasteiger charge is 2.13. The molecule has 0 aliphatic rings. The van der Waals surface area contributed by atoms with Gasteiger partial charge in [-0.05, 0) is 24.1 Å². The zero-order valence-electron chi connectivity index (χ0n) is 14.6. The van der Waals surface area contributed by atoms with Crippen LogP contribution in [0, 0.1) is 0 Å². The number of halogens is 3. The molecule has 0 fully saturated rings. The summed E-state index contributed by atoms with van der Waals surface area (Å²) in [6.45, 7) is 3.90. The number of sulfonamides is 1. The van der Waals surface area contributed by atoms with E-state index in [2.05, 4.69) is 15.6 Å². The molecule has 144 valence electrons. The van der Waals surface area contributed by atoms with E-state index in [0.717, 1.165) is 5.56 Å². The molecule has 0 bridgehead atoms. The van der Waals surface area contributed by atoms with E-state index in [1.165, 1.54) is 10.6 Å². The molecule has 0 aliphatic heterocycles. The lowest BCUT2D eigenvalue weighted by Crippen LogP contribution is -2.39. The minimum absolute atomic E-state index is 0. The Kier molecular flexibility index (Phi) is 12.0. The molecule has 0 radical (unpaired) electrons. The third-order valence-corrected chi connectivity index (χ3v) is 5.35. The van der Waals surface area contributed by atoms with E-state index in [1.807, 2.05) is 13.0 Å². The molecule has 1 aromatic rings. The summed E-state index contributed by atoms with van der Waals surface area (Å²) in [4.78, 5) is 4.13. The fourth-order valence-corrected chi connectivity index (χ4v) is 3.49. The number of hydrogen-bond acceptors (Lipinski definition) is 3. The van der Waals surface area contributed by atoms with Crippen molar-refractivity contribution in [2.75, 3.05) is 32.9 Å². The molecule has 2 N–H and O–H groups in total. The number of aliphatic imine (C=N–C) groups is 1. The average Bonchev–Trinajstić information content (AvgIpc) is 2.50. The zero-order valence-corrected chi connectivity index (χ0v) is 19.2. The Balaban J connectivity index is 0.00000576. The number of benzene rings is 1. The molecule has 0 aliphatic carbocycles. The van der Waals surface area contributed by atoms with Crippen molar-refractivity contribution in [2.24, 2.45) is 4.99 Å². The summed E-state index contributed by atoms with van der Waals surface area (Å²) in [6.07, 6.45) is 1.91. The largest absolute Gasteiger partial charge is 0.356 e.